The Morgan fingerprint density at radius 1 is 0.926 bits per heavy atom. The third-order valence-electron chi connectivity index (χ3n) is 6.64. The molecule has 0 radical (unpaired) electrons. The molecule has 1 heteroatoms. The third-order valence-corrected chi connectivity index (χ3v) is 6.64. The lowest BCUT2D eigenvalue weighted by molar-refractivity contribution is 0.0912. The van der Waals surface area contributed by atoms with E-state index >= 15 is 0 Å². The zero-order valence-corrected chi connectivity index (χ0v) is 17.1. The average molecular weight is 361 g/mol. The summed E-state index contributed by atoms with van der Waals surface area (Å²) in [6.45, 7) is 6.71. The maximum absolute atomic E-state index is 13.3. The van der Waals surface area contributed by atoms with Crippen molar-refractivity contribution in [3.63, 3.8) is 0 Å². The summed E-state index contributed by atoms with van der Waals surface area (Å²) in [6, 6.07) is 15.2. The van der Waals surface area contributed by atoms with Crippen LogP contribution in [0.2, 0.25) is 0 Å². The maximum atomic E-state index is 13.3. The number of rotatable bonds is 3. The van der Waals surface area contributed by atoms with Gasteiger partial charge in [-0.05, 0) is 46.4 Å². The van der Waals surface area contributed by atoms with Gasteiger partial charge in [-0.3, -0.25) is 4.79 Å². The van der Waals surface area contributed by atoms with Crippen LogP contribution in [0.4, 0.5) is 0 Å². The molecule has 1 saturated carbocycles. The Hall–Kier alpha value is -1.89. The van der Waals surface area contributed by atoms with Crippen LogP contribution in [0.3, 0.4) is 0 Å². The number of hydrogen-bond donors (Lipinski definition) is 0. The molecule has 2 aliphatic carbocycles. The van der Waals surface area contributed by atoms with E-state index < -0.39 is 0 Å². The number of Topliss-reactive ketones (excluding diaryl/α,β-unsaturated/α-hetero) is 1. The highest BCUT2D eigenvalue weighted by Crippen LogP contribution is 2.40. The van der Waals surface area contributed by atoms with E-state index in [9.17, 15) is 4.79 Å². The van der Waals surface area contributed by atoms with Gasteiger partial charge in [0.15, 0.2) is 5.78 Å². The van der Waals surface area contributed by atoms with Crippen LogP contribution < -0.4 is 0 Å². The standard InChI is InChI=1S/C26H32O/c1-26(2,3)22-14-12-19(13-15-22)23-11-7-10-20-17-21(25(27)24(20)23)16-18-8-5-4-6-9-18/h7,10-15,18,21H,4-6,8-9,16-17H2,1-3H3/t21-/m0/s1. The van der Waals surface area contributed by atoms with Crippen LogP contribution in [0.25, 0.3) is 11.1 Å². The Labute approximate surface area is 164 Å². The molecule has 0 heterocycles. The highest BCUT2D eigenvalue weighted by Gasteiger charge is 2.34. The second-order valence-electron chi connectivity index (χ2n) is 9.67. The van der Waals surface area contributed by atoms with E-state index in [1.807, 2.05) is 0 Å². The minimum Gasteiger partial charge on any atom is -0.294 e. The van der Waals surface area contributed by atoms with Gasteiger partial charge >= 0.3 is 0 Å². The van der Waals surface area contributed by atoms with E-state index in [0.29, 0.717) is 5.78 Å². The largest absolute Gasteiger partial charge is 0.294 e. The number of ketones is 1. The molecule has 0 spiro atoms. The third kappa shape index (κ3) is 3.74. The molecule has 27 heavy (non-hydrogen) atoms. The Bertz CT molecular complexity index is 816. The molecule has 2 aliphatic rings. The van der Waals surface area contributed by atoms with E-state index in [-0.39, 0.29) is 11.3 Å². The smallest absolute Gasteiger partial charge is 0.167 e. The molecule has 2 aromatic carbocycles. The van der Waals surface area contributed by atoms with Crippen molar-refractivity contribution in [2.45, 2.75) is 71.1 Å². The second kappa shape index (κ2) is 7.26. The first-order chi connectivity index (χ1) is 12.9. The molecular weight excluding hydrogens is 328 g/mol. The number of hydrogen-bond acceptors (Lipinski definition) is 1. The predicted molar refractivity (Wildman–Crippen MR) is 113 cm³/mol. The van der Waals surface area contributed by atoms with Crippen molar-refractivity contribution in [3.05, 3.63) is 59.2 Å². The van der Waals surface area contributed by atoms with E-state index in [2.05, 4.69) is 63.2 Å². The highest BCUT2D eigenvalue weighted by atomic mass is 16.1. The lowest BCUT2D eigenvalue weighted by Gasteiger charge is -2.23. The molecular formula is C26H32O. The summed E-state index contributed by atoms with van der Waals surface area (Å²) in [4.78, 5) is 13.3. The van der Waals surface area contributed by atoms with Crippen molar-refractivity contribution in [2.24, 2.45) is 11.8 Å². The van der Waals surface area contributed by atoms with Crippen LogP contribution in [0, 0.1) is 11.8 Å². The summed E-state index contributed by atoms with van der Waals surface area (Å²) in [7, 11) is 0. The Balaban J connectivity index is 1.60. The van der Waals surface area contributed by atoms with E-state index in [1.54, 1.807) is 0 Å². The van der Waals surface area contributed by atoms with Gasteiger partial charge in [0.1, 0.15) is 0 Å². The summed E-state index contributed by atoms with van der Waals surface area (Å²) in [6.07, 6.45) is 8.76. The van der Waals surface area contributed by atoms with E-state index in [1.165, 1.54) is 48.8 Å². The number of carbonyl (C=O) groups excluding carboxylic acids is 1. The van der Waals surface area contributed by atoms with Crippen molar-refractivity contribution in [3.8, 4) is 11.1 Å². The molecule has 0 unspecified atom stereocenters. The Morgan fingerprint density at radius 3 is 2.30 bits per heavy atom. The van der Waals surface area contributed by atoms with Crippen LogP contribution in [-0.4, -0.2) is 5.78 Å². The molecule has 0 saturated heterocycles. The molecule has 142 valence electrons. The zero-order valence-electron chi connectivity index (χ0n) is 17.1. The molecule has 1 fully saturated rings. The fourth-order valence-corrected chi connectivity index (χ4v) is 5.03. The number of carbonyl (C=O) groups is 1. The molecule has 0 amide bonds. The lowest BCUT2D eigenvalue weighted by atomic mass is 9.81. The summed E-state index contributed by atoms with van der Waals surface area (Å²) in [5.74, 6) is 1.36. The molecule has 2 aromatic rings. The quantitative estimate of drug-likeness (QED) is 0.577. The normalized spacial score (nSPS) is 20.7. The van der Waals surface area contributed by atoms with Crippen LogP contribution in [0.1, 0.15) is 80.8 Å². The summed E-state index contributed by atoms with van der Waals surface area (Å²) in [5.41, 5.74) is 6.05. The van der Waals surface area contributed by atoms with E-state index in [0.717, 1.165) is 29.9 Å². The SMILES string of the molecule is CC(C)(C)c1ccc(-c2cccc3c2C(=O)[C@@H](CC2CCCCC2)C3)cc1. The van der Waals surface area contributed by atoms with Gasteiger partial charge in [-0.25, -0.2) is 0 Å². The summed E-state index contributed by atoms with van der Waals surface area (Å²) in [5, 5.41) is 0. The van der Waals surface area contributed by atoms with Crippen molar-refractivity contribution < 1.29 is 4.79 Å². The van der Waals surface area contributed by atoms with Crippen LogP contribution in [0.5, 0.6) is 0 Å². The topological polar surface area (TPSA) is 17.1 Å². The highest BCUT2D eigenvalue weighted by molar-refractivity contribution is 6.07. The fraction of sp³-hybridized carbons (Fsp3) is 0.500. The van der Waals surface area contributed by atoms with Crippen molar-refractivity contribution in [2.75, 3.05) is 0 Å². The minimum atomic E-state index is 0.151. The molecule has 0 bridgehead atoms. The Kier molecular flexibility index (Phi) is 4.97. The molecule has 1 nitrogen and oxygen atoms in total. The van der Waals surface area contributed by atoms with Crippen molar-refractivity contribution in [1.82, 2.24) is 0 Å². The molecule has 0 aliphatic heterocycles. The number of fused-ring (bicyclic) bond motifs is 1. The molecule has 0 aromatic heterocycles. The molecule has 0 N–H and O–H groups in total. The monoisotopic (exact) mass is 360 g/mol. The van der Waals surface area contributed by atoms with Crippen LogP contribution >= 0.6 is 0 Å². The lowest BCUT2D eigenvalue weighted by Crippen LogP contribution is -2.17. The number of benzene rings is 2. The first-order valence-corrected chi connectivity index (χ1v) is 10.7. The van der Waals surface area contributed by atoms with Gasteiger partial charge < -0.3 is 0 Å². The molecule has 1 atom stereocenters. The van der Waals surface area contributed by atoms with Gasteiger partial charge in [-0.15, -0.1) is 0 Å². The minimum absolute atomic E-state index is 0.151. The van der Waals surface area contributed by atoms with Crippen LogP contribution in [-0.2, 0) is 11.8 Å². The van der Waals surface area contributed by atoms with Gasteiger partial charge in [0.2, 0.25) is 0 Å². The summed E-state index contributed by atoms with van der Waals surface area (Å²) < 4.78 is 0. The second-order valence-corrected chi connectivity index (χ2v) is 9.67. The zero-order chi connectivity index (χ0) is 19.0. The van der Waals surface area contributed by atoms with E-state index in [4.69, 9.17) is 0 Å². The fourth-order valence-electron chi connectivity index (χ4n) is 5.03. The molecule has 4 rings (SSSR count). The van der Waals surface area contributed by atoms with Gasteiger partial charge in [0.25, 0.3) is 0 Å². The van der Waals surface area contributed by atoms with Gasteiger partial charge in [0, 0.05) is 11.5 Å². The van der Waals surface area contributed by atoms with Gasteiger partial charge in [-0.1, -0.05) is 95.3 Å². The summed E-state index contributed by atoms with van der Waals surface area (Å²) >= 11 is 0. The average Bonchev–Trinajstić information content (AvgIpc) is 2.98. The van der Waals surface area contributed by atoms with Crippen molar-refractivity contribution in [1.29, 1.82) is 0 Å². The van der Waals surface area contributed by atoms with Crippen molar-refractivity contribution >= 4 is 5.78 Å². The first kappa shape index (κ1) is 18.5. The van der Waals surface area contributed by atoms with Crippen LogP contribution in [0.15, 0.2) is 42.5 Å². The Morgan fingerprint density at radius 2 is 1.63 bits per heavy atom. The predicted octanol–water partition coefficient (Wildman–Crippen LogP) is 6.98. The first-order valence-electron chi connectivity index (χ1n) is 10.7. The van der Waals surface area contributed by atoms with Gasteiger partial charge in [0.05, 0.1) is 0 Å². The maximum Gasteiger partial charge on any atom is 0.167 e. The van der Waals surface area contributed by atoms with Gasteiger partial charge in [-0.2, -0.15) is 0 Å².